The molecular formula is C13H20N2O. The van der Waals surface area contributed by atoms with Gasteiger partial charge >= 0.3 is 0 Å². The van der Waals surface area contributed by atoms with Crippen molar-refractivity contribution in [2.75, 3.05) is 13.6 Å². The zero-order chi connectivity index (χ0) is 11.5. The molecule has 0 aromatic carbocycles. The molecule has 2 heterocycles. The van der Waals surface area contributed by atoms with Crippen LogP contribution in [0.3, 0.4) is 0 Å². The van der Waals surface area contributed by atoms with Gasteiger partial charge in [0.2, 0.25) is 5.88 Å². The Hall–Kier alpha value is -1.09. The van der Waals surface area contributed by atoms with Crippen LogP contribution in [0.5, 0.6) is 5.88 Å². The molecule has 1 aromatic heterocycles. The summed E-state index contributed by atoms with van der Waals surface area (Å²) in [6.07, 6.45) is 4.66. The molecule has 0 spiro atoms. The first-order chi connectivity index (χ1) is 7.66. The molecule has 0 aliphatic carbocycles. The molecule has 1 atom stereocenters. The summed E-state index contributed by atoms with van der Waals surface area (Å²) < 4.78 is 5.53. The van der Waals surface area contributed by atoms with Crippen LogP contribution in [0.25, 0.3) is 0 Å². The van der Waals surface area contributed by atoms with E-state index >= 15 is 0 Å². The minimum absolute atomic E-state index is 0.188. The predicted octanol–water partition coefficient (Wildman–Crippen LogP) is 2.64. The zero-order valence-corrected chi connectivity index (χ0v) is 10.3. The second-order valence-corrected chi connectivity index (χ2v) is 4.74. The molecule has 0 radical (unpaired) electrons. The number of aromatic nitrogens is 1. The van der Waals surface area contributed by atoms with E-state index in [2.05, 4.69) is 23.0 Å². The van der Waals surface area contributed by atoms with E-state index in [1.54, 1.807) is 0 Å². The van der Waals surface area contributed by atoms with Gasteiger partial charge in [0.1, 0.15) is 0 Å². The van der Waals surface area contributed by atoms with Crippen molar-refractivity contribution < 1.29 is 4.74 Å². The maximum atomic E-state index is 5.53. The van der Waals surface area contributed by atoms with Crippen LogP contribution >= 0.6 is 0 Å². The van der Waals surface area contributed by atoms with Gasteiger partial charge in [0.05, 0.1) is 6.10 Å². The van der Waals surface area contributed by atoms with Gasteiger partial charge in [-0.3, -0.25) is 4.90 Å². The smallest absolute Gasteiger partial charge is 0.213 e. The molecule has 0 saturated carbocycles. The van der Waals surface area contributed by atoms with E-state index in [1.165, 1.54) is 24.9 Å². The van der Waals surface area contributed by atoms with Gasteiger partial charge in [-0.15, -0.1) is 0 Å². The van der Waals surface area contributed by atoms with Gasteiger partial charge in [0, 0.05) is 18.3 Å². The van der Waals surface area contributed by atoms with E-state index in [0.29, 0.717) is 6.04 Å². The average Bonchev–Trinajstić information content (AvgIpc) is 2.65. The second-order valence-electron chi connectivity index (χ2n) is 4.74. The van der Waals surface area contributed by atoms with Crippen molar-refractivity contribution in [3.05, 3.63) is 23.9 Å². The van der Waals surface area contributed by atoms with Gasteiger partial charge in [-0.05, 0) is 45.8 Å². The van der Waals surface area contributed by atoms with Crippen LogP contribution in [0, 0.1) is 0 Å². The summed E-state index contributed by atoms with van der Waals surface area (Å²) in [5, 5.41) is 0. The van der Waals surface area contributed by atoms with Crippen LogP contribution in [0.2, 0.25) is 0 Å². The number of ether oxygens (including phenoxy) is 1. The molecule has 2 rings (SSSR count). The number of rotatable bonds is 3. The van der Waals surface area contributed by atoms with Crippen LogP contribution in [-0.4, -0.2) is 29.6 Å². The molecule has 1 aliphatic rings. The van der Waals surface area contributed by atoms with Crippen LogP contribution in [0.1, 0.15) is 38.3 Å². The van der Waals surface area contributed by atoms with Gasteiger partial charge in [0.25, 0.3) is 0 Å². The molecule has 88 valence electrons. The SMILES string of the molecule is CC(C)Oc1ccc([C@@H]2CCCN2C)cn1. The zero-order valence-electron chi connectivity index (χ0n) is 10.3. The molecule has 1 saturated heterocycles. The number of hydrogen-bond acceptors (Lipinski definition) is 3. The van der Waals surface area contributed by atoms with Gasteiger partial charge in [-0.2, -0.15) is 0 Å². The van der Waals surface area contributed by atoms with E-state index in [0.717, 1.165) is 5.88 Å². The highest BCUT2D eigenvalue weighted by molar-refractivity contribution is 5.21. The highest BCUT2D eigenvalue weighted by Gasteiger charge is 2.22. The molecule has 0 bridgehead atoms. The number of pyridine rings is 1. The van der Waals surface area contributed by atoms with Crippen LogP contribution in [0.15, 0.2) is 18.3 Å². The van der Waals surface area contributed by atoms with E-state index in [1.807, 2.05) is 26.1 Å². The predicted molar refractivity (Wildman–Crippen MR) is 64.6 cm³/mol. The van der Waals surface area contributed by atoms with E-state index in [4.69, 9.17) is 4.74 Å². The van der Waals surface area contributed by atoms with E-state index < -0.39 is 0 Å². The third-order valence-electron chi connectivity index (χ3n) is 3.02. The molecule has 3 heteroatoms. The molecule has 16 heavy (non-hydrogen) atoms. The summed E-state index contributed by atoms with van der Waals surface area (Å²) >= 11 is 0. The number of hydrogen-bond donors (Lipinski definition) is 0. The summed E-state index contributed by atoms with van der Waals surface area (Å²) in [7, 11) is 2.18. The Morgan fingerprint density at radius 1 is 1.44 bits per heavy atom. The Bertz CT molecular complexity index is 334. The Kier molecular flexibility index (Phi) is 3.44. The Labute approximate surface area is 97.4 Å². The fraction of sp³-hybridized carbons (Fsp3) is 0.615. The quantitative estimate of drug-likeness (QED) is 0.783. The van der Waals surface area contributed by atoms with Gasteiger partial charge in [-0.25, -0.2) is 4.98 Å². The first kappa shape index (κ1) is 11.4. The monoisotopic (exact) mass is 220 g/mol. The molecule has 0 unspecified atom stereocenters. The van der Waals surface area contributed by atoms with Crippen LogP contribution < -0.4 is 4.74 Å². The summed E-state index contributed by atoms with van der Waals surface area (Å²) in [5.74, 6) is 0.722. The maximum Gasteiger partial charge on any atom is 0.213 e. The summed E-state index contributed by atoms with van der Waals surface area (Å²) in [6, 6.07) is 4.65. The lowest BCUT2D eigenvalue weighted by Gasteiger charge is -2.19. The molecule has 0 amide bonds. The minimum atomic E-state index is 0.188. The van der Waals surface area contributed by atoms with Crippen molar-refractivity contribution in [3.8, 4) is 5.88 Å². The molecule has 3 nitrogen and oxygen atoms in total. The topological polar surface area (TPSA) is 25.4 Å². The van der Waals surface area contributed by atoms with Crippen LogP contribution in [0.4, 0.5) is 0 Å². The Morgan fingerprint density at radius 2 is 2.25 bits per heavy atom. The number of nitrogens with zero attached hydrogens (tertiary/aromatic N) is 2. The van der Waals surface area contributed by atoms with Crippen molar-refractivity contribution in [1.29, 1.82) is 0 Å². The lowest BCUT2D eigenvalue weighted by atomic mass is 10.1. The Balaban J connectivity index is 2.07. The highest BCUT2D eigenvalue weighted by atomic mass is 16.5. The first-order valence-electron chi connectivity index (χ1n) is 5.99. The highest BCUT2D eigenvalue weighted by Crippen LogP contribution is 2.30. The number of likely N-dealkylation sites (tertiary alicyclic amines) is 1. The van der Waals surface area contributed by atoms with Gasteiger partial charge < -0.3 is 4.74 Å². The standard InChI is InChI=1S/C13H20N2O/c1-10(2)16-13-7-6-11(9-14-13)12-5-4-8-15(12)3/h6-7,9-10,12H,4-5,8H2,1-3H3/t12-/m0/s1. The van der Waals surface area contributed by atoms with Gasteiger partial charge in [0.15, 0.2) is 0 Å². The van der Waals surface area contributed by atoms with Crippen LogP contribution in [-0.2, 0) is 0 Å². The summed E-state index contributed by atoms with van der Waals surface area (Å²) in [6.45, 7) is 5.22. The Morgan fingerprint density at radius 3 is 2.75 bits per heavy atom. The van der Waals surface area contributed by atoms with Crippen molar-refractivity contribution >= 4 is 0 Å². The van der Waals surface area contributed by atoms with Crippen molar-refractivity contribution in [2.24, 2.45) is 0 Å². The second kappa shape index (κ2) is 4.83. The minimum Gasteiger partial charge on any atom is -0.475 e. The van der Waals surface area contributed by atoms with Crippen molar-refractivity contribution in [2.45, 2.75) is 38.8 Å². The molecule has 0 N–H and O–H groups in total. The average molecular weight is 220 g/mol. The molecule has 1 fully saturated rings. The van der Waals surface area contributed by atoms with E-state index in [-0.39, 0.29) is 6.10 Å². The fourth-order valence-corrected chi connectivity index (χ4v) is 2.23. The fourth-order valence-electron chi connectivity index (χ4n) is 2.23. The largest absolute Gasteiger partial charge is 0.475 e. The summed E-state index contributed by atoms with van der Waals surface area (Å²) in [5.41, 5.74) is 1.30. The van der Waals surface area contributed by atoms with Crippen molar-refractivity contribution in [1.82, 2.24) is 9.88 Å². The van der Waals surface area contributed by atoms with E-state index in [9.17, 15) is 0 Å². The normalized spacial score (nSPS) is 21.6. The van der Waals surface area contributed by atoms with Crippen molar-refractivity contribution in [3.63, 3.8) is 0 Å². The van der Waals surface area contributed by atoms with Gasteiger partial charge in [-0.1, -0.05) is 6.07 Å². The first-order valence-corrected chi connectivity index (χ1v) is 5.99. The summed E-state index contributed by atoms with van der Waals surface area (Å²) in [4.78, 5) is 6.74. The maximum absolute atomic E-state index is 5.53. The lowest BCUT2D eigenvalue weighted by Crippen LogP contribution is -2.17. The molecule has 1 aliphatic heterocycles. The molecular weight excluding hydrogens is 200 g/mol. The molecule has 1 aromatic rings. The third-order valence-corrected chi connectivity index (χ3v) is 3.02. The lowest BCUT2D eigenvalue weighted by molar-refractivity contribution is 0.232. The third kappa shape index (κ3) is 2.53.